The Labute approximate surface area is 222 Å². The van der Waals surface area contributed by atoms with E-state index in [0.717, 1.165) is 17.5 Å². The topological polar surface area (TPSA) is 50.6 Å². The Morgan fingerprint density at radius 2 is 1.53 bits per heavy atom. The fourth-order valence-electron chi connectivity index (χ4n) is 4.54. The molecule has 1 aliphatic heterocycles. The van der Waals surface area contributed by atoms with Gasteiger partial charge in [-0.25, -0.2) is 4.68 Å². The molecule has 1 amide bonds. The van der Waals surface area contributed by atoms with Crippen molar-refractivity contribution in [3.05, 3.63) is 95.1 Å². The van der Waals surface area contributed by atoms with E-state index in [4.69, 9.17) is 16.3 Å². The van der Waals surface area contributed by atoms with E-state index in [9.17, 15) is 18.0 Å². The molecule has 0 saturated carbocycles. The maximum Gasteiger partial charge on any atom is 0.435 e. The zero-order valence-corrected chi connectivity index (χ0v) is 21.2. The fourth-order valence-corrected chi connectivity index (χ4v) is 4.76. The highest BCUT2D eigenvalue weighted by molar-refractivity contribution is 6.32. The molecule has 0 bridgehead atoms. The van der Waals surface area contributed by atoms with Crippen molar-refractivity contribution in [2.45, 2.75) is 6.18 Å². The van der Waals surface area contributed by atoms with Gasteiger partial charge in [0, 0.05) is 37.3 Å². The number of carbonyl (C=O) groups excluding carboxylic acids is 1. The smallest absolute Gasteiger partial charge is 0.435 e. The second-order valence-electron chi connectivity index (χ2n) is 8.80. The molecule has 196 valence electrons. The highest BCUT2D eigenvalue weighted by Crippen LogP contribution is 2.35. The summed E-state index contributed by atoms with van der Waals surface area (Å²) in [6.45, 7) is 2.38. The number of ether oxygens (including phenoxy) is 1. The highest BCUT2D eigenvalue weighted by atomic mass is 35.5. The molecule has 10 heteroatoms. The van der Waals surface area contributed by atoms with Crippen LogP contribution < -0.4 is 9.64 Å². The van der Waals surface area contributed by atoms with Gasteiger partial charge in [-0.15, -0.1) is 0 Å². The number of aromatic nitrogens is 2. The summed E-state index contributed by atoms with van der Waals surface area (Å²) in [4.78, 5) is 17.1. The standard InChI is InChI=1S/C28H24ClF3N4O2/c1-38-25-9-5-4-8-23(25)34-14-16-35(17-15-34)27(37)20-12-10-19(11-13-20)24-18-26(28(30,31)32)33-36(24)22-7-3-2-6-21(22)29/h2-13,18H,14-17H2,1H3. The van der Waals surface area contributed by atoms with E-state index < -0.39 is 11.9 Å². The number of carbonyl (C=O) groups is 1. The highest BCUT2D eigenvalue weighted by Gasteiger charge is 2.35. The van der Waals surface area contributed by atoms with Gasteiger partial charge in [-0.3, -0.25) is 4.79 Å². The van der Waals surface area contributed by atoms with Gasteiger partial charge in [-0.1, -0.05) is 48.0 Å². The maximum absolute atomic E-state index is 13.5. The van der Waals surface area contributed by atoms with Gasteiger partial charge in [-0.05, 0) is 42.5 Å². The van der Waals surface area contributed by atoms with Crippen molar-refractivity contribution in [3.63, 3.8) is 0 Å². The third-order valence-electron chi connectivity index (χ3n) is 6.50. The van der Waals surface area contributed by atoms with Crippen molar-refractivity contribution >= 4 is 23.2 Å². The van der Waals surface area contributed by atoms with Crippen LogP contribution in [-0.4, -0.2) is 53.9 Å². The number of alkyl halides is 3. The summed E-state index contributed by atoms with van der Waals surface area (Å²) >= 11 is 6.26. The van der Waals surface area contributed by atoms with Crippen molar-refractivity contribution in [1.29, 1.82) is 0 Å². The van der Waals surface area contributed by atoms with Crippen LogP contribution in [0, 0.1) is 0 Å². The quantitative estimate of drug-likeness (QED) is 0.303. The summed E-state index contributed by atoms with van der Waals surface area (Å²) < 4.78 is 47.1. The van der Waals surface area contributed by atoms with Crippen molar-refractivity contribution in [2.75, 3.05) is 38.2 Å². The van der Waals surface area contributed by atoms with Crippen molar-refractivity contribution < 1.29 is 22.7 Å². The molecule has 0 spiro atoms. The number of piperazine rings is 1. The molecule has 0 unspecified atom stereocenters. The Bertz CT molecular complexity index is 1450. The SMILES string of the molecule is COc1ccccc1N1CCN(C(=O)c2ccc(-c3cc(C(F)(F)F)nn3-c3ccccc3Cl)cc2)CC1. The Balaban J connectivity index is 1.35. The lowest BCUT2D eigenvalue weighted by molar-refractivity contribution is -0.141. The van der Waals surface area contributed by atoms with Gasteiger partial charge in [0.05, 0.1) is 29.2 Å². The second kappa shape index (κ2) is 10.4. The molecule has 1 fully saturated rings. The molecule has 0 atom stereocenters. The van der Waals surface area contributed by atoms with E-state index in [-0.39, 0.29) is 16.6 Å². The molecule has 1 aliphatic rings. The molecule has 1 aromatic heterocycles. The van der Waals surface area contributed by atoms with Gasteiger partial charge in [0.1, 0.15) is 5.75 Å². The average molecular weight is 541 g/mol. The summed E-state index contributed by atoms with van der Waals surface area (Å²) in [6, 6.07) is 21.8. The molecule has 2 heterocycles. The summed E-state index contributed by atoms with van der Waals surface area (Å²) in [5.74, 6) is 0.652. The number of halogens is 4. The van der Waals surface area contributed by atoms with Crippen LogP contribution in [-0.2, 0) is 6.18 Å². The minimum Gasteiger partial charge on any atom is -0.495 e. The predicted molar refractivity (Wildman–Crippen MR) is 140 cm³/mol. The number of nitrogens with zero attached hydrogens (tertiary/aromatic N) is 4. The average Bonchev–Trinajstić information content (AvgIpc) is 3.39. The number of anilines is 1. The number of para-hydroxylation sites is 3. The monoisotopic (exact) mass is 540 g/mol. The summed E-state index contributed by atoms with van der Waals surface area (Å²) in [5.41, 5.74) is 1.44. The number of hydrogen-bond acceptors (Lipinski definition) is 4. The molecule has 0 N–H and O–H groups in total. The number of hydrogen-bond donors (Lipinski definition) is 0. The van der Waals surface area contributed by atoms with Crippen LogP contribution in [0.1, 0.15) is 16.1 Å². The van der Waals surface area contributed by atoms with E-state index in [2.05, 4.69) is 10.00 Å². The van der Waals surface area contributed by atoms with E-state index in [1.54, 1.807) is 60.5 Å². The predicted octanol–water partition coefficient (Wildman–Crippen LogP) is 6.18. The lowest BCUT2D eigenvalue weighted by atomic mass is 10.1. The lowest BCUT2D eigenvalue weighted by Gasteiger charge is -2.36. The minimum atomic E-state index is -4.62. The first kappa shape index (κ1) is 25.7. The van der Waals surface area contributed by atoms with Crippen LogP contribution in [0.25, 0.3) is 16.9 Å². The van der Waals surface area contributed by atoms with Crippen LogP contribution in [0.15, 0.2) is 78.9 Å². The summed E-state index contributed by atoms with van der Waals surface area (Å²) in [7, 11) is 1.63. The van der Waals surface area contributed by atoms with Gasteiger partial charge in [-0.2, -0.15) is 18.3 Å². The van der Waals surface area contributed by atoms with Crippen LogP contribution in [0.5, 0.6) is 5.75 Å². The van der Waals surface area contributed by atoms with E-state index in [1.807, 2.05) is 24.3 Å². The minimum absolute atomic E-state index is 0.133. The molecule has 4 aromatic rings. The fraction of sp³-hybridized carbons (Fsp3) is 0.214. The first-order chi connectivity index (χ1) is 18.3. The Morgan fingerprint density at radius 3 is 2.16 bits per heavy atom. The zero-order valence-electron chi connectivity index (χ0n) is 20.5. The zero-order chi connectivity index (χ0) is 26.9. The van der Waals surface area contributed by atoms with Gasteiger partial charge >= 0.3 is 6.18 Å². The molecule has 0 radical (unpaired) electrons. The van der Waals surface area contributed by atoms with Gasteiger partial charge in [0.2, 0.25) is 0 Å². The Morgan fingerprint density at radius 1 is 0.895 bits per heavy atom. The normalized spacial score (nSPS) is 14.0. The largest absolute Gasteiger partial charge is 0.495 e. The Kier molecular flexibility index (Phi) is 7.03. The number of benzene rings is 3. The lowest BCUT2D eigenvalue weighted by Crippen LogP contribution is -2.48. The number of methoxy groups -OCH3 is 1. The van der Waals surface area contributed by atoms with E-state index >= 15 is 0 Å². The van der Waals surface area contributed by atoms with E-state index in [0.29, 0.717) is 43.0 Å². The van der Waals surface area contributed by atoms with Crippen LogP contribution in [0.3, 0.4) is 0 Å². The first-order valence-corrected chi connectivity index (χ1v) is 12.3. The third-order valence-corrected chi connectivity index (χ3v) is 6.82. The molecule has 6 nitrogen and oxygen atoms in total. The molecule has 1 saturated heterocycles. The molecular formula is C28H24ClF3N4O2. The molecule has 0 aliphatic carbocycles. The van der Waals surface area contributed by atoms with Gasteiger partial charge in [0.15, 0.2) is 5.69 Å². The number of amides is 1. The van der Waals surface area contributed by atoms with Gasteiger partial charge < -0.3 is 14.5 Å². The Hall–Kier alpha value is -3.98. The van der Waals surface area contributed by atoms with Crippen LogP contribution >= 0.6 is 11.6 Å². The van der Waals surface area contributed by atoms with Crippen molar-refractivity contribution in [1.82, 2.24) is 14.7 Å². The van der Waals surface area contributed by atoms with Crippen LogP contribution in [0.4, 0.5) is 18.9 Å². The third kappa shape index (κ3) is 5.06. The second-order valence-corrected chi connectivity index (χ2v) is 9.21. The number of rotatable bonds is 5. The van der Waals surface area contributed by atoms with Crippen LogP contribution in [0.2, 0.25) is 5.02 Å². The molecule has 5 rings (SSSR count). The van der Waals surface area contributed by atoms with E-state index in [1.165, 1.54) is 4.68 Å². The van der Waals surface area contributed by atoms with Crippen molar-refractivity contribution in [2.24, 2.45) is 0 Å². The first-order valence-electron chi connectivity index (χ1n) is 12.0. The molecule has 3 aromatic carbocycles. The van der Waals surface area contributed by atoms with Gasteiger partial charge in [0.25, 0.3) is 5.91 Å². The molecule has 38 heavy (non-hydrogen) atoms. The molecular weight excluding hydrogens is 517 g/mol. The summed E-state index contributed by atoms with van der Waals surface area (Å²) in [5, 5.41) is 4.05. The summed E-state index contributed by atoms with van der Waals surface area (Å²) in [6.07, 6.45) is -4.62. The maximum atomic E-state index is 13.5. The van der Waals surface area contributed by atoms with Crippen molar-refractivity contribution in [3.8, 4) is 22.7 Å².